The van der Waals surface area contributed by atoms with E-state index in [1.54, 1.807) is 0 Å². The molecule has 2 fully saturated rings. The summed E-state index contributed by atoms with van der Waals surface area (Å²) in [6.45, 7) is 4.46. The van der Waals surface area contributed by atoms with Crippen LogP contribution in [0.25, 0.3) is 0 Å². The van der Waals surface area contributed by atoms with Crippen molar-refractivity contribution in [1.82, 2.24) is 5.32 Å². The molecular weight excluding hydrogens is 294 g/mol. The summed E-state index contributed by atoms with van der Waals surface area (Å²) in [6, 6.07) is 0.315. The zero-order chi connectivity index (χ0) is 16.9. The van der Waals surface area contributed by atoms with Crippen LogP contribution in [0, 0.1) is 5.92 Å². The highest BCUT2D eigenvalue weighted by Crippen LogP contribution is 2.41. The van der Waals surface area contributed by atoms with Gasteiger partial charge in [0.05, 0.1) is 17.8 Å². The summed E-state index contributed by atoms with van der Waals surface area (Å²) in [5.74, 6) is -0.274. The molecule has 0 aromatic heterocycles. The fourth-order valence-corrected chi connectivity index (χ4v) is 3.56. The second-order valence-electron chi connectivity index (χ2n) is 7.20. The molecule has 2 rings (SSSR count). The normalized spacial score (nSPS) is 32.5. The highest BCUT2D eigenvalue weighted by atomic mass is 16.5. The van der Waals surface area contributed by atoms with Gasteiger partial charge in [-0.2, -0.15) is 0 Å². The Balaban J connectivity index is 1.79. The van der Waals surface area contributed by atoms with Crippen LogP contribution in [0.5, 0.6) is 0 Å². The SMILES string of the molecule is CCC(C)(O)CN[C@H]1[C@@H](CC=CCCCC(=O)O)[C@H]2CC[C@@H]1O2. The molecule has 1 unspecified atom stereocenters. The van der Waals surface area contributed by atoms with Crippen LogP contribution in [0.1, 0.15) is 58.8 Å². The van der Waals surface area contributed by atoms with E-state index in [1.165, 1.54) is 0 Å². The van der Waals surface area contributed by atoms with E-state index < -0.39 is 11.6 Å². The third kappa shape index (κ3) is 5.30. The lowest BCUT2D eigenvalue weighted by atomic mass is 9.82. The van der Waals surface area contributed by atoms with Gasteiger partial charge in [-0.1, -0.05) is 19.1 Å². The van der Waals surface area contributed by atoms with E-state index in [4.69, 9.17) is 9.84 Å². The largest absolute Gasteiger partial charge is 0.481 e. The van der Waals surface area contributed by atoms with Gasteiger partial charge in [0.2, 0.25) is 0 Å². The first-order valence-electron chi connectivity index (χ1n) is 8.91. The standard InChI is InChI=1S/C18H31NO4/c1-3-18(2,22)12-19-17-13(14-10-11-15(17)23-14)8-6-4-5-7-9-16(20)21/h4,6,13-15,17,19,22H,3,5,7-12H2,1-2H3,(H,20,21)/t13-,14+,15-,17-,18?/m0/s1. The number of aliphatic carboxylic acids is 1. The lowest BCUT2D eigenvalue weighted by Crippen LogP contribution is -2.49. The molecule has 2 aliphatic rings. The van der Waals surface area contributed by atoms with Gasteiger partial charge in [-0.3, -0.25) is 4.79 Å². The van der Waals surface area contributed by atoms with Gasteiger partial charge in [-0.15, -0.1) is 0 Å². The van der Waals surface area contributed by atoms with Crippen molar-refractivity contribution in [1.29, 1.82) is 0 Å². The van der Waals surface area contributed by atoms with Crippen LogP contribution in [-0.4, -0.2) is 46.6 Å². The third-order valence-electron chi connectivity index (χ3n) is 5.24. The van der Waals surface area contributed by atoms with Crippen LogP contribution in [0.15, 0.2) is 12.2 Å². The van der Waals surface area contributed by atoms with Crippen molar-refractivity contribution in [2.75, 3.05) is 6.54 Å². The molecule has 0 saturated carbocycles. The van der Waals surface area contributed by atoms with E-state index in [2.05, 4.69) is 17.5 Å². The summed E-state index contributed by atoms with van der Waals surface area (Å²) in [5.41, 5.74) is -0.668. The monoisotopic (exact) mass is 325 g/mol. The lowest BCUT2D eigenvalue weighted by Gasteiger charge is -2.31. The zero-order valence-electron chi connectivity index (χ0n) is 14.3. The Kier molecular flexibility index (Phi) is 6.62. The number of hydrogen-bond acceptors (Lipinski definition) is 4. The number of fused-ring (bicyclic) bond motifs is 2. The Labute approximate surface area is 139 Å². The fraction of sp³-hybridized carbons (Fsp3) is 0.833. The van der Waals surface area contributed by atoms with Crippen LogP contribution < -0.4 is 5.32 Å². The molecule has 0 radical (unpaired) electrons. The number of ether oxygens (including phenoxy) is 1. The molecule has 0 aromatic rings. The average molecular weight is 325 g/mol. The predicted octanol–water partition coefficient (Wildman–Crippen LogP) is 2.48. The van der Waals surface area contributed by atoms with E-state index in [0.29, 0.717) is 31.0 Å². The number of rotatable bonds is 10. The number of unbranched alkanes of at least 4 members (excludes halogenated alkanes) is 1. The molecule has 0 aliphatic carbocycles. The van der Waals surface area contributed by atoms with E-state index in [0.717, 1.165) is 32.1 Å². The maximum atomic E-state index is 10.5. The van der Waals surface area contributed by atoms with Gasteiger partial charge < -0.3 is 20.3 Å². The molecule has 132 valence electrons. The topological polar surface area (TPSA) is 78.8 Å². The Morgan fingerprint density at radius 2 is 2.09 bits per heavy atom. The van der Waals surface area contributed by atoms with Crippen molar-refractivity contribution >= 4 is 5.97 Å². The van der Waals surface area contributed by atoms with Crippen LogP contribution in [0.2, 0.25) is 0 Å². The van der Waals surface area contributed by atoms with Crippen LogP contribution in [0.3, 0.4) is 0 Å². The van der Waals surface area contributed by atoms with Gasteiger partial charge in [0.1, 0.15) is 0 Å². The van der Waals surface area contributed by atoms with Gasteiger partial charge in [0, 0.05) is 24.9 Å². The summed E-state index contributed by atoms with van der Waals surface area (Å²) in [4.78, 5) is 10.5. The van der Waals surface area contributed by atoms with Gasteiger partial charge in [0.25, 0.3) is 0 Å². The summed E-state index contributed by atoms with van der Waals surface area (Å²) in [7, 11) is 0. The first-order valence-corrected chi connectivity index (χ1v) is 8.91. The van der Waals surface area contributed by atoms with E-state index in [1.807, 2.05) is 13.8 Å². The number of carbonyl (C=O) groups is 1. The second kappa shape index (κ2) is 8.27. The molecule has 0 aromatic carbocycles. The minimum atomic E-state index is -0.729. The first kappa shape index (κ1) is 18.4. The Hall–Kier alpha value is -0.910. The van der Waals surface area contributed by atoms with Gasteiger partial charge in [0.15, 0.2) is 0 Å². The number of carboxylic acids is 1. The molecule has 0 amide bonds. The maximum Gasteiger partial charge on any atom is 0.303 e. The number of aliphatic hydroxyl groups is 1. The molecule has 0 spiro atoms. The molecule has 2 saturated heterocycles. The molecule has 2 heterocycles. The Morgan fingerprint density at radius 3 is 2.78 bits per heavy atom. The number of allylic oxidation sites excluding steroid dienone is 2. The van der Waals surface area contributed by atoms with Crippen molar-refractivity contribution in [3.05, 3.63) is 12.2 Å². The number of carboxylic acid groups (broad SMARTS) is 1. The van der Waals surface area contributed by atoms with E-state index in [9.17, 15) is 9.90 Å². The Morgan fingerprint density at radius 1 is 1.35 bits per heavy atom. The van der Waals surface area contributed by atoms with Crippen LogP contribution in [0.4, 0.5) is 0 Å². The van der Waals surface area contributed by atoms with Crippen molar-refractivity contribution < 1.29 is 19.7 Å². The van der Waals surface area contributed by atoms with Crippen molar-refractivity contribution in [3.63, 3.8) is 0 Å². The van der Waals surface area contributed by atoms with Gasteiger partial charge in [-0.05, 0) is 45.4 Å². The molecule has 3 N–H and O–H groups in total. The summed E-state index contributed by atoms with van der Waals surface area (Å²) >= 11 is 0. The van der Waals surface area contributed by atoms with Crippen molar-refractivity contribution in [2.45, 2.75) is 82.6 Å². The summed E-state index contributed by atoms with van der Waals surface area (Å²) in [5, 5.41) is 22.4. The van der Waals surface area contributed by atoms with Crippen LogP contribution >= 0.6 is 0 Å². The molecule has 5 atom stereocenters. The molecule has 5 nitrogen and oxygen atoms in total. The van der Waals surface area contributed by atoms with Gasteiger partial charge in [-0.25, -0.2) is 0 Å². The lowest BCUT2D eigenvalue weighted by molar-refractivity contribution is -0.137. The van der Waals surface area contributed by atoms with Crippen molar-refractivity contribution in [3.8, 4) is 0 Å². The molecular formula is C18H31NO4. The van der Waals surface area contributed by atoms with Gasteiger partial charge >= 0.3 is 5.97 Å². The summed E-state index contributed by atoms with van der Waals surface area (Å²) < 4.78 is 6.05. The molecule has 23 heavy (non-hydrogen) atoms. The molecule has 2 bridgehead atoms. The molecule has 2 aliphatic heterocycles. The quantitative estimate of drug-likeness (QED) is 0.425. The maximum absolute atomic E-state index is 10.5. The number of hydrogen-bond donors (Lipinski definition) is 3. The predicted molar refractivity (Wildman–Crippen MR) is 89.3 cm³/mol. The minimum Gasteiger partial charge on any atom is -0.481 e. The zero-order valence-corrected chi connectivity index (χ0v) is 14.3. The highest BCUT2D eigenvalue weighted by Gasteiger charge is 2.48. The highest BCUT2D eigenvalue weighted by molar-refractivity contribution is 5.66. The smallest absolute Gasteiger partial charge is 0.303 e. The Bertz CT molecular complexity index is 421. The van der Waals surface area contributed by atoms with Crippen molar-refractivity contribution in [2.24, 2.45) is 5.92 Å². The second-order valence-corrected chi connectivity index (χ2v) is 7.20. The van der Waals surface area contributed by atoms with E-state index >= 15 is 0 Å². The number of nitrogens with one attached hydrogen (secondary N) is 1. The molecule has 5 heteroatoms. The fourth-order valence-electron chi connectivity index (χ4n) is 3.56. The first-order chi connectivity index (χ1) is 10.9. The third-order valence-corrected chi connectivity index (χ3v) is 5.24. The van der Waals surface area contributed by atoms with Crippen LogP contribution in [-0.2, 0) is 9.53 Å². The minimum absolute atomic E-state index is 0.234. The summed E-state index contributed by atoms with van der Waals surface area (Å²) in [6.07, 6.45) is 10.5. The average Bonchev–Trinajstić information content (AvgIpc) is 3.10. The van der Waals surface area contributed by atoms with E-state index in [-0.39, 0.29) is 12.5 Å².